The summed E-state index contributed by atoms with van der Waals surface area (Å²) < 4.78 is 8.06. The lowest BCUT2D eigenvalue weighted by Gasteiger charge is -2.16. The lowest BCUT2D eigenvalue weighted by atomic mass is 10.2. The fourth-order valence-electron chi connectivity index (χ4n) is 3.09. The minimum absolute atomic E-state index is 0.332. The Morgan fingerprint density at radius 1 is 1.09 bits per heavy atom. The minimum Gasteiger partial charge on any atom is -0.481 e. The first-order valence-corrected chi connectivity index (χ1v) is 12.8. The Bertz CT molecular complexity index is 1230. The van der Waals surface area contributed by atoms with Crippen molar-refractivity contribution in [2.45, 2.75) is 37.4 Å². The van der Waals surface area contributed by atoms with E-state index in [9.17, 15) is 0 Å². The first-order valence-electron chi connectivity index (χ1n) is 9.83. The maximum Gasteiger partial charge on any atom is 0.191 e. The molecule has 0 saturated carbocycles. The van der Waals surface area contributed by atoms with Gasteiger partial charge >= 0.3 is 0 Å². The first kappa shape index (κ1) is 23.4. The second-order valence-corrected chi connectivity index (χ2v) is 9.88. The number of hydrogen-bond donors (Lipinski definition) is 0. The van der Waals surface area contributed by atoms with E-state index < -0.39 is 0 Å². The van der Waals surface area contributed by atoms with E-state index in [1.54, 1.807) is 41.3 Å². The number of nitrogens with zero attached hydrogens (tertiary/aromatic N) is 4. The third kappa shape index (κ3) is 5.24. The van der Waals surface area contributed by atoms with Crippen molar-refractivity contribution in [3.8, 4) is 16.3 Å². The molecule has 2 aromatic heterocycles. The molecule has 2 aromatic carbocycles. The highest BCUT2D eigenvalue weighted by molar-refractivity contribution is 7.98. The van der Waals surface area contributed by atoms with Gasteiger partial charge in [0.05, 0.1) is 15.7 Å². The van der Waals surface area contributed by atoms with Gasteiger partial charge < -0.3 is 9.30 Å². The van der Waals surface area contributed by atoms with Crippen LogP contribution in [0.25, 0.3) is 10.6 Å². The molecule has 0 aliphatic carbocycles. The van der Waals surface area contributed by atoms with Crippen molar-refractivity contribution < 1.29 is 4.74 Å². The zero-order chi connectivity index (χ0) is 22.7. The number of thioether (sulfide) groups is 1. The van der Waals surface area contributed by atoms with Gasteiger partial charge in [-0.15, -0.1) is 21.5 Å². The van der Waals surface area contributed by atoms with E-state index in [1.807, 2.05) is 41.1 Å². The Morgan fingerprint density at radius 3 is 2.66 bits per heavy atom. The van der Waals surface area contributed by atoms with E-state index in [1.165, 1.54) is 0 Å². The van der Waals surface area contributed by atoms with Crippen LogP contribution in [-0.2, 0) is 12.3 Å². The quantitative estimate of drug-likeness (QED) is 0.220. The van der Waals surface area contributed by atoms with Crippen LogP contribution in [0.1, 0.15) is 31.5 Å². The average molecular weight is 526 g/mol. The van der Waals surface area contributed by atoms with Crippen LogP contribution in [0.3, 0.4) is 0 Å². The van der Waals surface area contributed by atoms with Crippen molar-refractivity contribution in [2.24, 2.45) is 0 Å². The SMILES string of the molecule is CCn1c(SCc2csc(-c3ccccc3Cl)n2)nnc1C(C)Oc1ccc(Cl)cc1Cl. The lowest BCUT2D eigenvalue weighted by Crippen LogP contribution is -2.12. The second-order valence-electron chi connectivity index (χ2n) is 6.83. The highest BCUT2D eigenvalue weighted by atomic mass is 35.5. The molecule has 2 heterocycles. The van der Waals surface area contributed by atoms with E-state index in [0.717, 1.165) is 27.2 Å². The van der Waals surface area contributed by atoms with Crippen molar-refractivity contribution in [1.82, 2.24) is 19.7 Å². The standard InChI is InChI=1S/C22H19Cl3N4OS2/c1-3-29-20(13(2)30-19-9-8-14(23)10-18(19)25)27-28-22(29)32-12-15-11-31-21(26-15)16-6-4-5-7-17(16)24/h4-11,13H,3,12H2,1-2H3. The molecule has 0 amide bonds. The summed E-state index contributed by atoms with van der Waals surface area (Å²) in [4.78, 5) is 4.73. The summed E-state index contributed by atoms with van der Waals surface area (Å²) in [7, 11) is 0. The lowest BCUT2D eigenvalue weighted by molar-refractivity contribution is 0.210. The molecular weight excluding hydrogens is 507 g/mol. The third-order valence-corrected chi connectivity index (χ3v) is 7.41. The molecule has 0 fully saturated rings. The van der Waals surface area contributed by atoms with Crippen LogP contribution in [0.5, 0.6) is 5.75 Å². The highest BCUT2D eigenvalue weighted by Gasteiger charge is 2.20. The van der Waals surface area contributed by atoms with Gasteiger partial charge in [0.15, 0.2) is 17.1 Å². The van der Waals surface area contributed by atoms with Gasteiger partial charge in [0.25, 0.3) is 0 Å². The predicted octanol–water partition coefficient (Wildman–Crippen LogP) is 7.81. The third-order valence-electron chi connectivity index (χ3n) is 4.63. The monoisotopic (exact) mass is 524 g/mol. The van der Waals surface area contributed by atoms with Gasteiger partial charge in [0, 0.05) is 28.3 Å². The minimum atomic E-state index is -0.332. The van der Waals surface area contributed by atoms with Gasteiger partial charge in [-0.25, -0.2) is 4.98 Å². The molecule has 0 spiro atoms. The number of halogens is 3. The smallest absolute Gasteiger partial charge is 0.191 e. The van der Waals surface area contributed by atoms with Crippen LogP contribution in [0, 0.1) is 0 Å². The van der Waals surface area contributed by atoms with Crippen molar-refractivity contribution in [3.63, 3.8) is 0 Å². The molecule has 1 unspecified atom stereocenters. The molecular formula is C22H19Cl3N4OS2. The van der Waals surface area contributed by atoms with Crippen LogP contribution < -0.4 is 4.74 Å². The first-order chi connectivity index (χ1) is 15.5. The van der Waals surface area contributed by atoms with E-state index in [0.29, 0.717) is 33.1 Å². The Balaban J connectivity index is 1.46. The van der Waals surface area contributed by atoms with Crippen LogP contribution >= 0.6 is 57.9 Å². The number of ether oxygens (including phenoxy) is 1. The Hall–Kier alpha value is -1.77. The zero-order valence-electron chi connectivity index (χ0n) is 17.3. The summed E-state index contributed by atoms with van der Waals surface area (Å²) in [6.07, 6.45) is -0.332. The molecule has 32 heavy (non-hydrogen) atoms. The largest absolute Gasteiger partial charge is 0.481 e. The molecule has 0 saturated heterocycles. The molecule has 0 aliphatic rings. The predicted molar refractivity (Wildman–Crippen MR) is 133 cm³/mol. The van der Waals surface area contributed by atoms with Crippen molar-refractivity contribution in [1.29, 1.82) is 0 Å². The number of thiazole rings is 1. The summed E-state index contributed by atoms with van der Waals surface area (Å²) in [6.45, 7) is 4.69. The van der Waals surface area contributed by atoms with E-state index in [-0.39, 0.29) is 6.10 Å². The molecule has 10 heteroatoms. The molecule has 1 atom stereocenters. The van der Waals surface area contributed by atoms with Crippen molar-refractivity contribution in [3.05, 3.63) is 74.4 Å². The van der Waals surface area contributed by atoms with E-state index >= 15 is 0 Å². The van der Waals surface area contributed by atoms with Crippen LogP contribution in [0.4, 0.5) is 0 Å². The Morgan fingerprint density at radius 2 is 1.91 bits per heavy atom. The number of aromatic nitrogens is 4. The fourth-order valence-corrected chi connectivity index (χ4v) is 5.69. The normalized spacial score (nSPS) is 12.2. The van der Waals surface area contributed by atoms with Gasteiger partial charge in [0.1, 0.15) is 10.8 Å². The van der Waals surface area contributed by atoms with Crippen LogP contribution in [-0.4, -0.2) is 19.7 Å². The number of rotatable bonds is 8. The Labute approximate surface area is 209 Å². The number of hydrogen-bond acceptors (Lipinski definition) is 6. The van der Waals surface area contributed by atoms with Crippen molar-refractivity contribution >= 4 is 57.9 Å². The number of benzene rings is 2. The summed E-state index contributed by atoms with van der Waals surface area (Å²) in [6, 6.07) is 12.9. The fraction of sp³-hybridized carbons (Fsp3) is 0.227. The van der Waals surface area contributed by atoms with E-state index in [4.69, 9.17) is 44.5 Å². The summed E-state index contributed by atoms with van der Waals surface area (Å²) in [5.74, 6) is 1.96. The second kappa shape index (κ2) is 10.4. The molecule has 0 bridgehead atoms. The highest BCUT2D eigenvalue weighted by Crippen LogP contribution is 2.34. The molecule has 0 aliphatic heterocycles. The van der Waals surface area contributed by atoms with Gasteiger partial charge in [-0.1, -0.05) is 64.8 Å². The molecule has 5 nitrogen and oxygen atoms in total. The molecule has 166 valence electrons. The maximum atomic E-state index is 6.30. The van der Waals surface area contributed by atoms with Gasteiger partial charge in [-0.05, 0) is 38.1 Å². The summed E-state index contributed by atoms with van der Waals surface area (Å²) in [5.41, 5.74) is 1.92. The van der Waals surface area contributed by atoms with Gasteiger partial charge in [-0.3, -0.25) is 0 Å². The molecule has 0 N–H and O–H groups in total. The van der Waals surface area contributed by atoms with Crippen LogP contribution in [0.2, 0.25) is 15.1 Å². The summed E-state index contributed by atoms with van der Waals surface area (Å²) in [5, 5.41) is 14.2. The average Bonchev–Trinajstić information content (AvgIpc) is 3.41. The molecule has 4 aromatic rings. The summed E-state index contributed by atoms with van der Waals surface area (Å²) >= 11 is 21.7. The molecule has 0 radical (unpaired) electrons. The van der Waals surface area contributed by atoms with E-state index in [2.05, 4.69) is 17.1 Å². The van der Waals surface area contributed by atoms with Crippen molar-refractivity contribution in [2.75, 3.05) is 0 Å². The zero-order valence-corrected chi connectivity index (χ0v) is 21.2. The maximum absolute atomic E-state index is 6.30. The topological polar surface area (TPSA) is 52.8 Å². The van der Waals surface area contributed by atoms with Crippen LogP contribution in [0.15, 0.2) is 53.0 Å². The Kier molecular flexibility index (Phi) is 7.63. The molecule has 4 rings (SSSR count). The van der Waals surface area contributed by atoms with Gasteiger partial charge in [-0.2, -0.15) is 0 Å². The van der Waals surface area contributed by atoms with Gasteiger partial charge in [0.2, 0.25) is 0 Å².